The first kappa shape index (κ1) is 15.8. The summed E-state index contributed by atoms with van der Waals surface area (Å²) in [5.41, 5.74) is 6.40. The van der Waals surface area contributed by atoms with Crippen molar-refractivity contribution in [2.24, 2.45) is 10.4 Å². The zero-order chi connectivity index (χ0) is 15.9. The van der Waals surface area contributed by atoms with Crippen molar-refractivity contribution < 1.29 is 0 Å². The predicted molar refractivity (Wildman–Crippen MR) is 90.0 cm³/mol. The lowest BCUT2D eigenvalue weighted by atomic mass is 9.96. The fraction of sp³-hybridized carbons (Fsp3) is 0.222. The van der Waals surface area contributed by atoms with Crippen molar-refractivity contribution in [3.63, 3.8) is 0 Å². The largest absolute Gasteiger partial charge is 0.150 e. The van der Waals surface area contributed by atoms with Gasteiger partial charge < -0.3 is 0 Å². The standard InChI is InChI=1S/C18H18N2O2/c1-13(17-7-3-15(4-8-17)11-19-21)14(2)18-9-5-16(6-10-18)12-20-22/h3-10H,11-12H2,1-2H3/b14-13+. The Kier molecular flexibility index (Phi) is 5.31. The van der Waals surface area contributed by atoms with Crippen molar-refractivity contribution in [1.29, 1.82) is 0 Å². The number of nitrogens with zero attached hydrogens (tertiary/aromatic N) is 2. The number of rotatable bonds is 6. The highest BCUT2D eigenvalue weighted by Gasteiger charge is 2.04. The van der Waals surface area contributed by atoms with Gasteiger partial charge in [-0.1, -0.05) is 58.9 Å². The molecule has 112 valence electrons. The number of nitroso groups, excluding NO2 is 2. The lowest BCUT2D eigenvalue weighted by molar-refractivity contribution is 1.05. The second-order valence-electron chi connectivity index (χ2n) is 5.22. The molecule has 2 aromatic rings. The average molecular weight is 294 g/mol. The molecule has 0 aliphatic rings. The van der Waals surface area contributed by atoms with Crippen LogP contribution in [0.4, 0.5) is 0 Å². The molecule has 4 heteroatoms. The third-order valence-electron chi connectivity index (χ3n) is 3.83. The lowest BCUT2D eigenvalue weighted by Gasteiger charge is -2.10. The van der Waals surface area contributed by atoms with Crippen LogP contribution in [0.5, 0.6) is 0 Å². The zero-order valence-electron chi connectivity index (χ0n) is 12.7. The van der Waals surface area contributed by atoms with E-state index >= 15 is 0 Å². The first-order valence-electron chi connectivity index (χ1n) is 7.10. The minimum Gasteiger partial charge on any atom is -0.150 e. The summed E-state index contributed by atoms with van der Waals surface area (Å²) < 4.78 is 0. The molecule has 0 amide bonds. The molecule has 0 spiro atoms. The van der Waals surface area contributed by atoms with Crippen LogP contribution in [0, 0.1) is 9.81 Å². The number of hydrogen-bond donors (Lipinski definition) is 0. The fourth-order valence-electron chi connectivity index (χ4n) is 2.30. The van der Waals surface area contributed by atoms with Crippen LogP contribution in [0.3, 0.4) is 0 Å². The van der Waals surface area contributed by atoms with Gasteiger partial charge in [0.15, 0.2) is 0 Å². The Bertz CT molecular complexity index is 625. The smallest absolute Gasteiger partial charge is 0.106 e. The van der Waals surface area contributed by atoms with Gasteiger partial charge >= 0.3 is 0 Å². The van der Waals surface area contributed by atoms with Crippen molar-refractivity contribution in [2.75, 3.05) is 0 Å². The molecule has 2 rings (SSSR count). The van der Waals surface area contributed by atoms with Gasteiger partial charge in [-0.3, -0.25) is 0 Å². The summed E-state index contributed by atoms with van der Waals surface area (Å²) in [6.07, 6.45) is 0. The minimum absolute atomic E-state index is 0.203. The monoisotopic (exact) mass is 294 g/mol. The van der Waals surface area contributed by atoms with Crippen molar-refractivity contribution in [2.45, 2.75) is 26.9 Å². The van der Waals surface area contributed by atoms with E-state index in [1.807, 2.05) is 48.5 Å². The summed E-state index contributed by atoms with van der Waals surface area (Å²) in [5.74, 6) is 0. The highest BCUT2D eigenvalue weighted by molar-refractivity contribution is 5.88. The molecule has 0 N–H and O–H groups in total. The van der Waals surface area contributed by atoms with E-state index in [2.05, 4.69) is 24.2 Å². The van der Waals surface area contributed by atoms with Crippen LogP contribution in [0.1, 0.15) is 36.1 Å². The van der Waals surface area contributed by atoms with Crippen LogP contribution < -0.4 is 0 Å². The molecule has 0 aliphatic heterocycles. The molecule has 0 aromatic heterocycles. The van der Waals surface area contributed by atoms with Gasteiger partial charge in [-0.2, -0.15) is 9.81 Å². The summed E-state index contributed by atoms with van der Waals surface area (Å²) in [4.78, 5) is 20.5. The maximum atomic E-state index is 10.3. The Balaban J connectivity index is 2.27. The van der Waals surface area contributed by atoms with Crippen molar-refractivity contribution in [3.8, 4) is 0 Å². The van der Waals surface area contributed by atoms with E-state index in [1.165, 1.54) is 11.1 Å². The minimum atomic E-state index is 0.203. The summed E-state index contributed by atoms with van der Waals surface area (Å²) in [6, 6.07) is 15.7. The molecule has 0 atom stereocenters. The molecule has 2 aromatic carbocycles. The maximum absolute atomic E-state index is 10.3. The molecule has 0 unspecified atom stereocenters. The van der Waals surface area contributed by atoms with Gasteiger partial charge in [-0.25, -0.2) is 0 Å². The zero-order valence-corrected chi connectivity index (χ0v) is 12.7. The van der Waals surface area contributed by atoms with Gasteiger partial charge in [0.2, 0.25) is 0 Å². The second kappa shape index (κ2) is 7.41. The van der Waals surface area contributed by atoms with Gasteiger partial charge in [0.05, 0.1) is 0 Å². The van der Waals surface area contributed by atoms with Crippen LogP contribution >= 0.6 is 0 Å². The lowest BCUT2D eigenvalue weighted by Crippen LogP contribution is -1.89. The van der Waals surface area contributed by atoms with Crippen molar-refractivity contribution in [1.82, 2.24) is 0 Å². The molecule has 0 radical (unpaired) electrons. The SMILES string of the molecule is C/C(=C(/C)c1ccc(CN=O)cc1)c1ccc(CN=O)cc1. The molecule has 22 heavy (non-hydrogen) atoms. The second-order valence-corrected chi connectivity index (χ2v) is 5.22. The highest BCUT2D eigenvalue weighted by atomic mass is 16.3. The van der Waals surface area contributed by atoms with Crippen molar-refractivity contribution >= 4 is 11.1 Å². The molecule has 4 nitrogen and oxygen atoms in total. The van der Waals surface area contributed by atoms with Crippen LogP contribution in [0.2, 0.25) is 0 Å². The number of hydrogen-bond acceptors (Lipinski definition) is 4. The van der Waals surface area contributed by atoms with Gasteiger partial charge in [-0.05, 0) is 47.2 Å². The molecular weight excluding hydrogens is 276 g/mol. The van der Waals surface area contributed by atoms with Crippen LogP contribution in [-0.2, 0) is 13.1 Å². The Morgan fingerprint density at radius 3 is 1.27 bits per heavy atom. The molecule has 0 bridgehead atoms. The Morgan fingerprint density at radius 2 is 1.00 bits per heavy atom. The fourth-order valence-corrected chi connectivity index (χ4v) is 2.30. The maximum Gasteiger partial charge on any atom is 0.106 e. The number of benzene rings is 2. The topological polar surface area (TPSA) is 58.9 Å². The summed E-state index contributed by atoms with van der Waals surface area (Å²) >= 11 is 0. The Labute approximate surface area is 129 Å². The Morgan fingerprint density at radius 1 is 0.682 bits per heavy atom. The van der Waals surface area contributed by atoms with Gasteiger partial charge in [-0.15, -0.1) is 0 Å². The summed E-state index contributed by atoms with van der Waals surface area (Å²) in [5, 5.41) is 5.79. The van der Waals surface area contributed by atoms with Crippen LogP contribution in [0.15, 0.2) is 58.9 Å². The van der Waals surface area contributed by atoms with E-state index in [0.29, 0.717) is 0 Å². The highest BCUT2D eigenvalue weighted by Crippen LogP contribution is 2.26. The van der Waals surface area contributed by atoms with E-state index in [-0.39, 0.29) is 13.1 Å². The summed E-state index contributed by atoms with van der Waals surface area (Å²) in [7, 11) is 0. The van der Waals surface area contributed by atoms with E-state index in [4.69, 9.17) is 0 Å². The van der Waals surface area contributed by atoms with E-state index in [9.17, 15) is 9.81 Å². The Hall–Kier alpha value is -2.62. The molecule has 0 saturated heterocycles. The average Bonchev–Trinajstić information content (AvgIpc) is 2.55. The molecule has 0 heterocycles. The van der Waals surface area contributed by atoms with Crippen LogP contribution in [0.25, 0.3) is 11.1 Å². The first-order valence-corrected chi connectivity index (χ1v) is 7.10. The predicted octanol–water partition coefficient (Wildman–Crippen LogP) is 5.17. The van der Waals surface area contributed by atoms with E-state index in [1.54, 1.807) is 0 Å². The molecular formula is C18H18N2O2. The van der Waals surface area contributed by atoms with E-state index < -0.39 is 0 Å². The third kappa shape index (κ3) is 3.73. The van der Waals surface area contributed by atoms with E-state index in [0.717, 1.165) is 22.3 Å². The molecule has 0 aliphatic carbocycles. The third-order valence-corrected chi connectivity index (χ3v) is 3.83. The van der Waals surface area contributed by atoms with Crippen molar-refractivity contribution in [3.05, 3.63) is 80.6 Å². The van der Waals surface area contributed by atoms with Crippen LogP contribution in [-0.4, -0.2) is 0 Å². The quantitative estimate of drug-likeness (QED) is 0.545. The van der Waals surface area contributed by atoms with Gasteiger partial charge in [0.1, 0.15) is 13.1 Å². The molecule has 0 saturated carbocycles. The first-order chi connectivity index (χ1) is 10.7. The van der Waals surface area contributed by atoms with Gasteiger partial charge in [0, 0.05) is 0 Å². The normalized spacial score (nSPS) is 11.7. The van der Waals surface area contributed by atoms with Gasteiger partial charge in [0.25, 0.3) is 0 Å². The molecule has 0 fully saturated rings. The summed E-state index contributed by atoms with van der Waals surface area (Å²) in [6.45, 7) is 4.55. The number of allylic oxidation sites excluding steroid dienone is 2.